The predicted molar refractivity (Wildman–Crippen MR) is 83.2 cm³/mol. The summed E-state index contributed by atoms with van der Waals surface area (Å²) in [6.07, 6.45) is 4.83. The number of pyridine rings is 1. The Kier molecular flexibility index (Phi) is 3.88. The number of ether oxygens (including phenoxy) is 1. The molecule has 2 heterocycles. The Morgan fingerprint density at radius 2 is 2.00 bits per heavy atom. The van der Waals surface area contributed by atoms with Gasteiger partial charge in [0.05, 0.1) is 17.7 Å². The molecule has 106 valence electrons. The van der Waals surface area contributed by atoms with Crippen molar-refractivity contribution in [2.75, 3.05) is 18.0 Å². The van der Waals surface area contributed by atoms with E-state index in [1.165, 1.54) is 11.1 Å². The van der Waals surface area contributed by atoms with Crippen LogP contribution in [0.15, 0.2) is 36.5 Å². The fourth-order valence-electron chi connectivity index (χ4n) is 2.89. The Balaban J connectivity index is 1.70. The molecule has 3 heteroatoms. The Hall–Kier alpha value is -1.61. The third-order valence-electron chi connectivity index (χ3n) is 3.86. The van der Waals surface area contributed by atoms with E-state index in [-0.39, 0.29) is 0 Å². The summed E-state index contributed by atoms with van der Waals surface area (Å²) in [6.45, 7) is 6.37. The highest BCUT2D eigenvalue weighted by molar-refractivity contribution is 5.82. The lowest BCUT2D eigenvalue weighted by Crippen LogP contribution is -2.37. The van der Waals surface area contributed by atoms with E-state index in [1.807, 2.05) is 12.3 Å². The predicted octanol–water partition coefficient (Wildman–Crippen LogP) is 3.63. The molecule has 3 nitrogen and oxygen atoms in total. The molecule has 0 amide bonds. The molecule has 0 unspecified atom stereocenters. The van der Waals surface area contributed by atoms with Crippen LogP contribution in [0.1, 0.15) is 26.7 Å². The summed E-state index contributed by atoms with van der Waals surface area (Å²) in [6, 6.07) is 10.7. The van der Waals surface area contributed by atoms with Crippen LogP contribution in [-0.2, 0) is 4.74 Å². The Morgan fingerprint density at radius 3 is 2.75 bits per heavy atom. The van der Waals surface area contributed by atoms with Gasteiger partial charge in [-0.2, -0.15) is 0 Å². The number of hydrogen-bond donors (Lipinski definition) is 0. The fourth-order valence-corrected chi connectivity index (χ4v) is 2.89. The molecule has 20 heavy (non-hydrogen) atoms. The van der Waals surface area contributed by atoms with Crippen molar-refractivity contribution in [3.05, 3.63) is 36.5 Å². The Bertz CT molecular complexity index is 574. The van der Waals surface area contributed by atoms with E-state index in [9.17, 15) is 0 Å². The standard InChI is InChI=1S/C17H22N2O/c1-13(2)20-16-7-10-19(11-8-16)15-5-6-17-14(12-15)4-3-9-18-17/h3-6,9,12-13,16H,7-8,10-11H2,1-2H3. The van der Waals surface area contributed by atoms with Gasteiger partial charge in [-0.1, -0.05) is 6.07 Å². The lowest BCUT2D eigenvalue weighted by Gasteiger charge is -2.34. The third-order valence-corrected chi connectivity index (χ3v) is 3.86. The van der Waals surface area contributed by atoms with Gasteiger partial charge in [-0.05, 0) is 51.0 Å². The molecule has 1 aromatic carbocycles. The summed E-state index contributed by atoms with van der Waals surface area (Å²) < 4.78 is 5.91. The second-order valence-electron chi connectivity index (χ2n) is 5.75. The summed E-state index contributed by atoms with van der Waals surface area (Å²) in [7, 11) is 0. The van der Waals surface area contributed by atoms with Gasteiger partial charge >= 0.3 is 0 Å². The first-order valence-electron chi connectivity index (χ1n) is 7.47. The molecule has 0 saturated carbocycles. The van der Waals surface area contributed by atoms with Crippen LogP contribution in [0.3, 0.4) is 0 Å². The van der Waals surface area contributed by atoms with Gasteiger partial charge in [0.2, 0.25) is 0 Å². The highest BCUT2D eigenvalue weighted by atomic mass is 16.5. The van der Waals surface area contributed by atoms with Crippen LogP contribution in [0.2, 0.25) is 0 Å². The molecule has 1 aliphatic heterocycles. The fraction of sp³-hybridized carbons (Fsp3) is 0.471. The molecule has 1 aromatic heterocycles. The van der Waals surface area contributed by atoms with Gasteiger partial charge < -0.3 is 9.64 Å². The Morgan fingerprint density at radius 1 is 1.20 bits per heavy atom. The monoisotopic (exact) mass is 270 g/mol. The lowest BCUT2D eigenvalue weighted by atomic mass is 10.1. The number of nitrogens with zero attached hydrogens (tertiary/aromatic N) is 2. The molecule has 1 saturated heterocycles. The molecule has 1 fully saturated rings. The summed E-state index contributed by atoms with van der Waals surface area (Å²) in [5.41, 5.74) is 2.36. The van der Waals surface area contributed by atoms with Crippen LogP contribution in [0, 0.1) is 0 Å². The first kappa shape index (κ1) is 13.4. The minimum atomic E-state index is 0.332. The van der Waals surface area contributed by atoms with Gasteiger partial charge in [0.1, 0.15) is 0 Å². The van der Waals surface area contributed by atoms with E-state index in [0.29, 0.717) is 12.2 Å². The molecule has 0 N–H and O–H groups in total. The van der Waals surface area contributed by atoms with E-state index >= 15 is 0 Å². The van der Waals surface area contributed by atoms with E-state index in [4.69, 9.17) is 4.74 Å². The zero-order chi connectivity index (χ0) is 13.9. The molecule has 0 atom stereocenters. The average molecular weight is 270 g/mol. The molecule has 1 aliphatic rings. The van der Waals surface area contributed by atoms with Crippen LogP contribution in [-0.4, -0.2) is 30.3 Å². The average Bonchev–Trinajstić information content (AvgIpc) is 2.47. The highest BCUT2D eigenvalue weighted by Gasteiger charge is 2.20. The molecular weight excluding hydrogens is 248 g/mol. The van der Waals surface area contributed by atoms with Crippen molar-refractivity contribution < 1.29 is 4.74 Å². The van der Waals surface area contributed by atoms with Crippen LogP contribution in [0.25, 0.3) is 10.9 Å². The topological polar surface area (TPSA) is 25.4 Å². The molecule has 2 aromatic rings. The maximum Gasteiger partial charge on any atom is 0.0703 e. The van der Waals surface area contributed by atoms with E-state index in [1.54, 1.807) is 0 Å². The molecule has 0 bridgehead atoms. The van der Waals surface area contributed by atoms with Crippen molar-refractivity contribution in [3.63, 3.8) is 0 Å². The van der Waals surface area contributed by atoms with Crippen molar-refractivity contribution in [2.45, 2.75) is 38.9 Å². The van der Waals surface area contributed by atoms with Crippen molar-refractivity contribution >= 4 is 16.6 Å². The molecule has 0 spiro atoms. The third kappa shape index (κ3) is 2.93. The minimum Gasteiger partial charge on any atom is -0.375 e. The highest BCUT2D eigenvalue weighted by Crippen LogP contribution is 2.25. The zero-order valence-corrected chi connectivity index (χ0v) is 12.2. The van der Waals surface area contributed by atoms with Gasteiger partial charge in [0.15, 0.2) is 0 Å². The number of aromatic nitrogens is 1. The summed E-state index contributed by atoms with van der Waals surface area (Å²) in [4.78, 5) is 6.82. The molecular formula is C17H22N2O. The summed E-state index contributed by atoms with van der Waals surface area (Å²) in [5.74, 6) is 0. The number of fused-ring (bicyclic) bond motifs is 1. The first-order chi connectivity index (χ1) is 9.72. The van der Waals surface area contributed by atoms with Crippen molar-refractivity contribution in [1.29, 1.82) is 0 Å². The molecule has 0 radical (unpaired) electrons. The normalized spacial score (nSPS) is 17.1. The van der Waals surface area contributed by atoms with Crippen LogP contribution < -0.4 is 4.90 Å². The number of rotatable bonds is 3. The second-order valence-corrected chi connectivity index (χ2v) is 5.75. The van der Waals surface area contributed by atoms with Gasteiger partial charge in [-0.15, -0.1) is 0 Å². The SMILES string of the molecule is CC(C)OC1CCN(c2ccc3ncccc3c2)CC1. The van der Waals surface area contributed by atoms with E-state index in [0.717, 1.165) is 31.4 Å². The zero-order valence-electron chi connectivity index (χ0n) is 12.2. The first-order valence-corrected chi connectivity index (χ1v) is 7.47. The van der Waals surface area contributed by atoms with E-state index in [2.05, 4.69) is 48.0 Å². The Labute approximate surface area is 120 Å². The lowest BCUT2D eigenvalue weighted by molar-refractivity contribution is -0.00477. The smallest absolute Gasteiger partial charge is 0.0703 e. The van der Waals surface area contributed by atoms with Crippen molar-refractivity contribution in [2.24, 2.45) is 0 Å². The second kappa shape index (κ2) is 5.80. The largest absolute Gasteiger partial charge is 0.375 e. The maximum absolute atomic E-state index is 5.91. The molecule has 3 rings (SSSR count). The van der Waals surface area contributed by atoms with Gasteiger partial charge in [0.25, 0.3) is 0 Å². The van der Waals surface area contributed by atoms with E-state index < -0.39 is 0 Å². The van der Waals surface area contributed by atoms with Gasteiger partial charge in [-0.25, -0.2) is 0 Å². The number of benzene rings is 1. The quantitative estimate of drug-likeness (QED) is 0.851. The molecule has 0 aliphatic carbocycles. The number of piperidine rings is 1. The van der Waals surface area contributed by atoms with Crippen molar-refractivity contribution in [1.82, 2.24) is 4.98 Å². The maximum atomic E-state index is 5.91. The number of anilines is 1. The van der Waals surface area contributed by atoms with Crippen molar-refractivity contribution in [3.8, 4) is 0 Å². The summed E-state index contributed by atoms with van der Waals surface area (Å²) >= 11 is 0. The van der Waals surface area contributed by atoms with Crippen LogP contribution in [0.5, 0.6) is 0 Å². The van der Waals surface area contributed by atoms with Crippen LogP contribution >= 0.6 is 0 Å². The van der Waals surface area contributed by atoms with Gasteiger partial charge in [-0.3, -0.25) is 4.98 Å². The summed E-state index contributed by atoms with van der Waals surface area (Å²) in [5, 5.41) is 1.21. The van der Waals surface area contributed by atoms with Crippen LogP contribution in [0.4, 0.5) is 5.69 Å². The van der Waals surface area contributed by atoms with Gasteiger partial charge in [0, 0.05) is 30.4 Å². The minimum absolute atomic E-state index is 0.332. The number of hydrogen-bond acceptors (Lipinski definition) is 3.